The van der Waals surface area contributed by atoms with E-state index in [0.717, 1.165) is 31.2 Å². The number of carbonyl (C=O) groups excluding carboxylic acids is 2. The number of nitrogens with one attached hydrogen (secondary N) is 1. The quantitative estimate of drug-likeness (QED) is 0.703. The van der Waals surface area contributed by atoms with E-state index in [4.69, 9.17) is 23.2 Å². The van der Waals surface area contributed by atoms with E-state index in [1.807, 2.05) is 28.0 Å². The van der Waals surface area contributed by atoms with Crippen molar-refractivity contribution < 1.29 is 9.59 Å². The van der Waals surface area contributed by atoms with Gasteiger partial charge in [0.2, 0.25) is 11.8 Å². The predicted octanol–water partition coefficient (Wildman–Crippen LogP) is 4.32. The maximum Gasteiger partial charge on any atom is 0.228 e. The highest BCUT2D eigenvalue weighted by atomic mass is 35.5. The Hall–Kier alpha value is -1.30. The summed E-state index contributed by atoms with van der Waals surface area (Å²) in [6.45, 7) is 9.08. The number of benzene rings is 1. The molecule has 1 aromatic rings. The van der Waals surface area contributed by atoms with Crippen LogP contribution in [0.15, 0.2) is 18.2 Å². The van der Waals surface area contributed by atoms with Gasteiger partial charge in [0.1, 0.15) is 0 Å². The molecule has 3 aliphatic rings. The van der Waals surface area contributed by atoms with Crippen molar-refractivity contribution in [1.82, 2.24) is 15.1 Å². The lowest BCUT2D eigenvalue weighted by atomic mass is 9.93. The molecule has 2 amide bonds. The summed E-state index contributed by atoms with van der Waals surface area (Å²) in [7, 11) is 0. The van der Waals surface area contributed by atoms with Crippen molar-refractivity contribution in [2.24, 2.45) is 11.3 Å². The van der Waals surface area contributed by atoms with Crippen LogP contribution < -0.4 is 5.32 Å². The Morgan fingerprint density at radius 2 is 1.74 bits per heavy atom. The fourth-order valence-electron chi connectivity index (χ4n) is 5.03. The highest BCUT2D eigenvalue weighted by Gasteiger charge is 2.48. The Morgan fingerprint density at radius 1 is 1.06 bits per heavy atom. The van der Waals surface area contributed by atoms with Gasteiger partial charge in [0.05, 0.1) is 10.0 Å². The molecule has 0 aromatic heterocycles. The van der Waals surface area contributed by atoms with Crippen LogP contribution in [0.5, 0.6) is 0 Å². The van der Waals surface area contributed by atoms with Gasteiger partial charge in [0.15, 0.2) is 0 Å². The zero-order valence-corrected chi connectivity index (χ0v) is 20.2. The summed E-state index contributed by atoms with van der Waals surface area (Å²) >= 11 is 12.4. The molecule has 1 aromatic carbocycles. The highest BCUT2D eigenvalue weighted by Crippen LogP contribution is 2.47. The molecule has 1 aliphatic carbocycles. The smallest absolute Gasteiger partial charge is 0.228 e. The van der Waals surface area contributed by atoms with Crippen LogP contribution >= 0.6 is 23.2 Å². The van der Waals surface area contributed by atoms with Crippen molar-refractivity contribution in [3.05, 3.63) is 33.8 Å². The zero-order chi connectivity index (χ0) is 22.3. The number of carbonyl (C=O) groups is 2. The Labute approximate surface area is 195 Å². The standard InChI is InChI=1S/C24H33Cl2N3O2/c1-15(2)27-21-14-29(13-18(21)17-4-5-19(25)20(26)12-17)22(30)16-6-10-28(11-7-16)23(31)24(3)8-9-24/h4-5,12,15-16,18,21,27H,6-11,13-14H2,1-3H3/t18-,21+/m0/s1. The first-order chi connectivity index (χ1) is 14.7. The fraction of sp³-hybridized carbons (Fsp3) is 0.667. The largest absolute Gasteiger partial charge is 0.342 e. The van der Waals surface area contributed by atoms with Gasteiger partial charge in [-0.25, -0.2) is 0 Å². The third kappa shape index (κ3) is 4.89. The maximum absolute atomic E-state index is 13.4. The van der Waals surface area contributed by atoms with E-state index in [1.165, 1.54) is 0 Å². The van der Waals surface area contributed by atoms with Crippen molar-refractivity contribution in [2.75, 3.05) is 26.2 Å². The molecule has 0 radical (unpaired) electrons. The Balaban J connectivity index is 1.41. The SMILES string of the molecule is CC(C)N[C@@H]1CN(C(=O)C2CCN(C(=O)C3(C)CC3)CC2)C[C@H]1c1ccc(Cl)c(Cl)c1. The predicted molar refractivity (Wildman–Crippen MR) is 124 cm³/mol. The first kappa shape index (κ1) is 22.9. The molecule has 0 bridgehead atoms. The first-order valence-electron chi connectivity index (χ1n) is 11.5. The molecule has 2 heterocycles. The third-order valence-corrected chi connectivity index (χ3v) is 7.94. The molecule has 4 rings (SSSR count). The molecular weight excluding hydrogens is 433 g/mol. The van der Waals surface area contributed by atoms with Gasteiger partial charge < -0.3 is 15.1 Å². The fourth-order valence-corrected chi connectivity index (χ4v) is 5.34. The first-order valence-corrected chi connectivity index (χ1v) is 12.2. The number of piperidine rings is 1. The Kier molecular flexibility index (Phi) is 6.58. The number of nitrogens with zero attached hydrogens (tertiary/aromatic N) is 2. The normalized spacial score (nSPS) is 25.9. The summed E-state index contributed by atoms with van der Waals surface area (Å²) in [5, 5.41) is 4.73. The summed E-state index contributed by atoms with van der Waals surface area (Å²) in [5.41, 5.74) is 0.982. The molecule has 7 heteroatoms. The molecule has 2 aliphatic heterocycles. The summed E-state index contributed by atoms with van der Waals surface area (Å²) in [5.74, 6) is 0.684. The molecule has 2 atom stereocenters. The zero-order valence-electron chi connectivity index (χ0n) is 18.7. The van der Waals surface area contributed by atoms with Crippen LogP contribution in [0.25, 0.3) is 0 Å². The minimum absolute atomic E-state index is 0.00307. The number of rotatable bonds is 5. The Bertz CT molecular complexity index is 847. The molecule has 170 valence electrons. The number of halogens is 2. The number of hydrogen-bond acceptors (Lipinski definition) is 3. The molecule has 31 heavy (non-hydrogen) atoms. The van der Waals surface area contributed by atoms with Gasteiger partial charge in [-0.05, 0) is 43.4 Å². The topological polar surface area (TPSA) is 52.7 Å². The maximum atomic E-state index is 13.4. The van der Waals surface area contributed by atoms with E-state index < -0.39 is 0 Å². The van der Waals surface area contributed by atoms with Crippen molar-refractivity contribution in [3.8, 4) is 0 Å². The van der Waals surface area contributed by atoms with Crippen molar-refractivity contribution in [1.29, 1.82) is 0 Å². The molecular formula is C24H33Cl2N3O2. The lowest BCUT2D eigenvalue weighted by Gasteiger charge is -2.34. The summed E-state index contributed by atoms with van der Waals surface area (Å²) in [6.07, 6.45) is 3.52. The molecule has 3 fully saturated rings. The monoisotopic (exact) mass is 465 g/mol. The van der Waals surface area contributed by atoms with Crippen LogP contribution in [0.3, 0.4) is 0 Å². The molecule has 0 spiro atoms. The summed E-state index contributed by atoms with van der Waals surface area (Å²) in [6, 6.07) is 6.29. The minimum atomic E-state index is -0.130. The van der Waals surface area contributed by atoms with Gasteiger partial charge in [0, 0.05) is 55.5 Å². The van der Waals surface area contributed by atoms with Gasteiger partial charge >= 0.3 is 0 Å². The summed E-state index contributed by atoms with van der Waals surface area (Å²) < 4.78 is 0. The van der Waals surface area contributed by atoms with Crippen molar-refractivity contribution in [2.45, 2.75) is 64.5 Å². The Morgan fingerprint density at radius 3 is 2.32 bits per heavy atom. The van der Waals surface area contributed by atoms with E-state index >= 15 is 0 Å². The second-order valence-corrected chi connectivity index (χ2v) is 10.9. The summed E-state index contributed by atoms with van der Waals surface area (Å²) in [4.78, 5) is 30.0. The molecule has 5 nitrogen and oxygen atoms in total. The van der Waals surface area contributed by atoms with E-state index in [0.29, 0.717) is 42.3 Å². The average molecular weight is 466 g/mol. The van der Waals surface area contributed by atoms with Crippen LogP contribution in [-0.2, 0) is 9.59 Å². The van der Waals surface area contributed by atoms with Gasteiger partial charge in [-0.3, -0.25) is 9.59 Å². The lowest BCUT2D eigenvalue weighted by Crippen LogP contribution is -2.46. The molecule has 0 unspecified atom stereocenters. The second-order valence-electron chi connectivity index (χ2n) is 10.1. The van der Waals surface area contributed by atoms with Gasteiger partial charge in [0.25, 0.3) is 0 Å². The van der Waals surface area contributed by atoms with Crippen LogP contribution in [0.2, 0.25) is 10.0 Å². The van der Waals surface area contributed by atoms with E-state index in [9.17, 15) is 9.59 Å². The third-order valence-electron chi connectivity index (χ3n) is 7.20. The molecule has 1 saturated carbocycles. The van der Waals surface area contributed by atoms with Gasteiger partial charge in [-0.1, -0.05) is 50.0 Å². The van der Waals surface area contributed by atoms with Crippen molar-refractivity contribution in [3.63, 3.8) is 0 Å². The van der Waals surface area contributed by atoms with E-state index in [2.05, 4.69) is 26.1 Å². The number of hydrogen-bond donors (Lipinski definition) is 1. The van der Waals surface area contributed by atoms with Crippen LogP contribution in [-0.4, -0.2) is 59.9 Å². The average Bonchev–Trinajstić information content (AvgIpc) is 3.36. The number of likely N-dealkylation sites (tertiary alicyclic amines) is 2. The molecule has 2 saturated heterocycles. The number of amides is 2. The molecule has 1 N–H and O–H groups in total. The van der Waals surface area contributed by atoms with Crippen LogP contribution in [0.1, 0.15) is 57.9 Å². The van der Waals surface area contributed by atoms with E-state index in [1.54, 1.807) is 0 Å². The van der Waals surface area contributed by atoms with E-state index in [-0.39, 0.29) is 35.1 Å². The van der Waals surface area contributed by atoms with Crippen LogP contribution in [0, 0.1) is 11.3 Å². The van der Waals surface area contributed by atoms with Gasteiger partial charge in [-0.15, -0.1) is 0 Å². The highest BCUT2D eigenvalue weighted by molar-refractivity contribution is 6.42. The van der Waals surface area contributed by atoms with Crippen LogP contribution in [0.4, 0.5) is 0 Å². The van der Waals surface area contributed by atoms with Gasteiger partial charge in [-0.2, -0.15) is 0 Å². The van der Waals surface area contributed by atoms with Crippen molar-refractivity contribution >= 4 is 35.0 Å². The second kappa shape index (κ2) is 8.92. The lowest BCUT2D eigenvalue weighted by molar-refractivity contribution is -0.142. The minimum Gasteiger partial charge on any atom is -0.342 e.